The first-order valence-electron chi connectivity index (χ1n) is 9.61. The van der Waals surface area contributed by atoms with E-state index >= 15 is 0 Å². The smallest absolute Gasteiger partial charge is 0.0267 e. The number of hydrogen-bond donors (Lipinski definition) is 0. The summed E-state index contributed by atoms with van der Waals surface area (Å²) in [6.45, 7) is 9.53. The van der Waals surface area contributed by atoms with Crippen molar-refractivity contribution in [2.24, 2.45) is 17.8 Å². The number of rotatable bonds is 6. The minimum Gasteiger partial charge on any atom is -0.306 e. The van der Waals surface area contributed by atoms with E-state index in [0.717, 1.165) is 17.8 Å². The minimum absolute atomic E-state index is 0.601. The summed E-state index contributed by atoms with van der Waals surface area (Å²) in [7, 11) is 0. The Morgan fingerprint density at radius 1 is 0.913 bits per heavy atom. The molecule has 0 unspecified atom stereocenters. The lowest BCUT2D eigenvalue weighted by Gasteiger charge is -2.27. The van der Waals surface area contributed by atoms with Crippen LogP contribution in [0.1, 0.15) is 59.8 Å². The van der Waals surface area contributed by atoms with Gasteiger partial charge in [-0.3, -0.25) is 4.98 Å². The number of nitrogens with zero attached hydrogens (tertiary/aromatic N) is 1. The van der Waals surface area contributed by atoms with E-state index in [0.29, 0.717) is 0 Å². The highest BCUT2D eigenvalue weighted by Gasteiger charge is 2.09. The number of allylic oxidation sites excluding steroid dienone is 1. The van der Waals surface area contributed by atoms with Crippen molar-refractivity contribution in [1.82, 2.24) is 4.98 Å². The Bertz CT molecular complexity index is 357. The van der Waals surface area contributed by atoms with Gasteiger partial charge in [0.1, 0.15) is 0 Å². The van der Waals surface area contributed by atoms with Gasteiger partial charge in [-0.1, -0.05) is 64.9 Å². The van der Waals surface area contributed by atoms with Gasteiger partial charge in [0.15, 0.2) is 0 Å². The van der Waals surface area contributed by atoms with Gasteiger partial charge in [0, 0.05) is 12.4 Å². The zero-order valence-corrected chi connectivity index (χ0v) is 16.9. The Hall–Kier alpha value is -0.578. The highest BCUT2D eigenvalue weighted by Crippen LogP contribution is 2.25. The Morgan fingerprint density at radius 3 is 1.87 bits per heavy atom. The minimum atomic E-state index is -0.601. The monoisotopic (exact) mass is 329 g/mol. The van der Waals surface area contributed by atoms with Gasteiger partial charge in [-0.25, -0.2) is 10.6 Å². The van der Waals surface area contributed by atoms with Crippen LogP contribution in [0, 0.1) is 17.8 Å². The van der Waals surface area contributed by atoms with Crippen LogP contribution in [0.2, 0.25) is 10.6 Å². The van der Waals surface area contributed by atoms with E-state index in [9.17, 15) is 0 Å². The van der Waals surface area contributed by atoms with Crippen LogP contribution in [-0.4, -0.2) is 19.1 Å². The summed E-state index contributed by atoms with van der Waals surface area (Å²) < 4.78 is 0. The van der Waals surface area contributed by atoms with Crippen LogP contribution in [0.15, 0.2) is 41.6 Å². The third-order valence-electron chi connectivity index (χ3n) is 4.42. The molecule has 129 valence electrons. The van der Waals surface area contributed by atoms with Gasteiger partial charge in [-0.15, -0.1) is 6.08 Å². The zero-order valence-electron chi connectivity index (χ0n) is 15.7. The first kappa shape index (κ1) is 20.5. The van der Waals surface area contributed by atoms with E-state index in [1.165, 1.54) is 42.7 Å². The molecule has 2 rings (SSSR count). The van der Waals surface area contributed by atoms with Gasteiger partial charge in [0.25, 0.3) is 0 Å². The molecule has 1 radical (unpaired) electrons. The molecule has 0 aromatic carbocycles. The summed E-state index contributed by atoms with van der Waals surface area (Å²) in [5.41, 5.74) is 0. The van der Waals surface area contributed by atoms with E-state index in [2.05, 4.69) is 43.7 Å². The third kappa shape index (κ3) is 11.6. The molecule has 0 saturated heterocycles. The molecule has 0 N–H and O–H groups in total. The summed E-state index contributed by atoms with van der Waals surface area (Å²) in [5.74, 6) is 2.71. The Labute approximate surface area is 149 Å². The fourth-order valence-electron chi connectivity index (χ4n) is 3.42. The van der Waals surface area contributed by atoms with Crippen molar-refractivity contribution >= 4 is 14.1 Å². The third-order valence-corrected chi connectivity index (χ3v) is 8.28. The van der Waals surface area contributed by atoms with Crippen molar-refractivity contribution in [2.75, 3.05) is 0 Å². The molecule has 0 spiro atoms. The Balaban J connectivity index is 0.000000366. The first-order chi connectivity index (χ1) is 11.1. The van der Waals surface area contributed by atoms with Crippen LogP contribution < -0.4 is 0 Å². The largest absolute Gasteiger partial charge is 0.306 e. The molecule has 0 bridgehead atoms. The molecule has 1 aliphatic rings. The average molecular weight is 330 g/mol. The van der Waals surface area contributed by atoms with E-state index in [-0.39, 0.29) is 0 Å². The van der Waals surface area contributed by atoms with Crippen LogP contribution in [0.4, 0.5) is 0 Å². The van der Waals surface area contributed by atoms with Gasteiger partial charge in [-0.2, -0.15) is 0 Å². The van der Waals surface area contributed by atoms with Gasteiger partial charge < -0.3 is 4.94 Å². The quantitative estimate of drug-likeness (QED) is 0.539. The molecule has 1 aromatic rings. The second-order valence-corrected chi connectivity index (χ2v) is 10.7. The SMILES string of the molecule is CC(C)[CH2][Al-](/[CH]=C/C1CCCCC1)[CH2]C(C)C.c1ccncc1. The summed E-state index contributed by atoms with van der Waals surface area (Å²) in [4.78, 5) is 6.48. The Kier molecular flexibility index (Phi) is 11.4. The Morgan fingerprint density at radius 2 is 1.48 bits per heavy atom. The maximum absolute atomic E-state index is 3.78. The molecule has 0 amide bonds. The molecule has 1 aliphatic carbocycles. The van der Waals surface area contributed by atoms with Crippen LogP contribution >= 0.6 is 0 Å². The highest BCUT2D eigenvalue weighted by atomic mass is 27.2. The maximum atomic E-state index is 3.78. The van der Waals surface area contributed by atoms with Crippen molar-refractivity contribution in [3.05, 3.63) is 41.6 Å². The standard InChI is InChI=1S/C8H13.C5H5N.2C4H9.Al/c1-2-8-6-4-3-5-7-8;1-2-4-6-5-3-1;2*1-4(2)3;/h1-2,8H,3-7H2;1-5H;2*4H,1H2,2-3H3;/q;;;;-1. The number of pyridine rings is 1. The predicted octanol–water partition coefficient (Wildman–Crippen LogP) is 6.55. The van der Waals surface area contributed by atoms with Crippen LogP contribution in [-0.2, 0) is 0 Å². The maximum Gasteiger partial charge on any atom is 0.0267 e. The molecule has 1 heterocycles. The summed E-state index contributed by atoms with van der Waals surface area (Å²) in [6, 6.07) is 5.72. The van der Waals surface area contributed by atoms with E-state index in [1.807, 2.05) is 18.2 Å². The molecule has 23 heavy (non-hydrogen) atoms. The van der Waals surface area contributed by atoms with E-state index < -0.39 is 14.1 Å². The van der Waals surface area contributed by atoms with Gasteiger partial charge in [-0.05, 0) is 45.0 Å². The van der Waals surface area contributed by atoms with Crippen LogP contribution in [0.5, 0.6) is 0 Å². The van der Waals surface area contributed by atoms with Gasteiger partial charge in [0.2, 0.25) is 0 Å². The average Bonchev–Trinajstić information content (AvgIpc) is 2.55. The van der Waals surface area contributed by atoms with Crippen LogP contribution in [0.3, 0.4) is 0 Å². The van der Waals surface area contributed by atoms with Gasteiger partial charge >= 0.3 is 0 Å². The second kappa shape index (κ2) is 12.8. The van der Waals surface area contributed by atoms with Crippen LogP contribution in [0.25, 0.3) is 0 Å². The van der Waals surface area contributed by atoms with Crippen molar-refractivity contribution in [3.8, 4) is 0 Å². The molecule has 0 atom stereocenters. The molecule has 0 aliphatic heterocycles. The molecular weight excluding hydrogens is 293 g/mol. The molecular formula is C21H36AlN-. The highest BCUT2D eigenvalue weighted by molar-refractivity contribution is 6.64. The molecule has 1 nitrogen and oxygen atoms in total. The molecule has 1 aromatic heterocycles. The molecule has 1 fully saturated rings. The van der Waals surface area contributed by atoms with Crippen molar-refractivity contribution in [1.29, 1.82) is 0 Å². The fourth-order valence-corrected chi connectivity index (χ4v) is 6.98. The normalized spacial score (nSPS) is 16.1. The topological polar surface area (TPSA) is 12.9 Å². The zero-order chi connectivity index (χ0) is 16.9. The first-order valence-corrected chi connectivity index (χ1v) is 11.9. The van der Waals surface area contributed by atoms with E-state index in [1.54, 1.807) is 12.4 Å². The second-order valence-electron chi connectivity index (χ2n) is 7.83. The number of aromatic nitrogens is 1. The number of hydrogen-bond acceptors (Lipinski definition) is 1. The molecule has 2 heteroatoms. The lowest BCUT2D eigenvalue weighted by Crippen LogP contribution is -2.16. The lowest BCUT2D eigenvalue weighted by molar-refractivity contribution is 0.419. The fraction of sp³-hybridized carbons (Fsp3) is 0.667. The predicted molar refractivity (Wildman–Crippen MR) is 105 cm³/mol. The lowest BCUT2D eigenvalue weighted by atomic mass is 9.90. The summed E-state index contributed by atoms with van der Waals surface area (Å²) in [6.07, 6.45) is 13.4. The van der Waals surface area contributed by atoms with E-state index in [4.69, 9.17) is 0 Å². The van der Waals surface area contributed by atoms with Gasteiger partial charge in [0.05, 0.1) is 0 Å². The summed E-state index contributed by atoms with van der Waals surface area (Å²) in [5, 5.41) is 3.00. The molecule has 1 saturated carbocycles. The van der Waals surface area contributed by atoms with Crippen molar-refractivity contribution in [3.63, 3.8) is 0 Å². The summed E-state index contributed by atoms with van der Waals surface area (Å²) >= 11 is -0.601. The van der Waals surface area contributed by atoms with Crippen molar-refractivity contribution in [2.45, 2.75) is 70.4 Å². The van der Waals surface area contributed by atoms with Crippen molar-refractivity contribution < 1.29 is 0 Å².